The number of carbonyl (C=O) groups excluding carboxylic acids is 3. The lowest BCUT2D eigenvalue weighted by atomic mass is 9.64. The van der Waals surface area contributed by atoms with Crippen LogP contribution in [0.25, 0.3) is 6.08 Å². The van der Waals surface area contributed by atoms with E-state index in [1.54, 1.807) is 24.3 Å². The Morgan fingerprint density at radius 1 is 1.05 bits per heavy atom. The number of aryl methyl sites for hydroxylation is 1. The molecule has 0 bridgehead atoms. The molecule has 0 saturated carbocycles. The van der Waals surface area contributed by atoms with Gasteiger partial charge in [-0.3, -0.25) is 14.4 Å². The number of hydrogen-bond acceptors (Lipinski definition) is 4. The van der Waals surface area contributed by atoms with E-state index in [1.165, 1.54) is 19.1 Å². The first-order chi connectivity index (χ1) is 17.9. The van der Waals surface area contributed by atoms with E-state index < -0.39 is 23.4 Å². The molecule has 1 fully saturated rings. The molecule has 0 unspecified atom stereocenters. The number of hydrogen-bond donors (Lipinski definition) is 1. The van der Waals surface area contributed by atoms with Gasteiger partial charge in [-0.25, -0.2) is 4.39 Å². The summed E-state index contributed by atoms with van der Waals surface area (Å²) in [6.07, 6.45) is 5.53. The van der Waals surface area contributed by atoms with Gasteiger partial charge >= 0.3 is 0 Å². The molecule has 1 amide bonds. The second-order valence-corrected chi connectivity index (χ2v) is 10.1. The molecule has 186 valence electrons. The molecule has 4 atom stereocenters. The second kappa shape index (κ2) is 8.51. The van der Waals surface area contributed by atoms with Gasteiger partial charge in [0.15, 0.2) is 11.6 Å². The summed E-state index contributed by atoms with van der Waals surface area (Å²) in [4.78, 5) is 43.7. The lowest BCUT2D eigenvalue weighted by Gasteiger charge is -2.37. The van der Waals surface area contributed by atoms with Gasteiger partial charge in [-0.15, -0.1) is 0 Å². The minimum Gasteiger partial charge on any atom is -0.352 e. The third-order valence-electron chi connectivity index (χ3n) is 8.07. The molecule has 3 aliphatic heterocycles. The molecule has 3 aliphatic rings. The lowest BCUT2D eigenvalue weighted by molar-refractivity contribution is -0.122. The number of nitrogens with one attached hydrogen (secondary N) is 1. The SMILES string of the molecule is CCCc1ccc(C(=O)[C@@H]2[C@H](C(C)=O)N3c4ccc(F)cc4C=C[C@H]3[C@@]23C(=O)Nc2ccccc23)cc1. The van der Waals surface area contributed by atoms with Gasteiger partial charge < -0.3 is 10.2 Å². The van der Waals surface area contributed by atoms with E-state index in [9.17, 15) is 18.8 Å². The normalized spacial score (nSPS) is 25.0. The highest BCUT2D eigenvalue weighted by Crippen LogP contribution is 2.57. The van der Waals surface area contributed by atoms with Crippen molar-refractivity contribution in [2.24, 2.45) is 5.92 Å². The minimum absolute atomic E-state index is 0.217. The van der Waals surface area contributed by atoms with Crippen LogP contribution in [0.4, 0.5) is 15.8 Å². The van der Waals surface area contributed by atoms with Crippen molar-refractivity contribution < 1.29 is 18.8 Å². The summed E-state index contributed by atoms with van der Waals surface area (Å²) in [5, 5.41) is 2.99. The van der Waals surface area contributed by atoms with E-state index in [1.807, 2.05) is 47.4 Å². The molecule has 3 aromatic carbocycles. The minimum atomic E-state index is -1.32. The van der Waals surface area contributed by atoms with Gasteiger partial charge in [0.1, 0.15) is 11.2 Å². The molecule has 37 heavy (non-hydrogen) atoms. The Bertz CT molecular complexity index is 1480. The van der Waals surface area contributed by atoms with Gasteiger partial charge in [-0.1, -0.05) is 68.0 Å². The van der Waals surface area contributed by atoms with Gasteiger partial charge in [0.2, 0.25) is 5.91 Å². The summed E-state index contributed by atoms with van der Waals surface area (Å²) >= 11 is 0. The van der Waals surface area contributed by atoms with Crippen molar-refractivity contribution in [1.82, 2.24) is 0 Å². The van der Waals surface area contributed by atoms with E-state index in [0.717, 1.165) is 18.4 Å². The molecule has 6 heteroatoms. The largest absolute Gasteiger partial charge is 0.352 e. The first kappa shape index (κ1) is 23.3. The van der Waals surface area contributed by atoms with Crippen molar-refractivity contribution in [3.8, 4) is 0 Å². The van der Waals surface area contributed by atoms with Gasteiger partial charge in [0, 0.05) is 22.5 Å². The maximum Gasteiger partial charge on any atom is 0.238 e. The van der Waals surface area contributed by atoms with Crippen LogP contribution in [0.15, 0.2) is 72.8 Å². The fourth-order valence-electron chi connectivity index (χ4n) is 6.61. The van der Waals surface area contributed by atoms with E-state index in [-0.39, 0.29) is 23.3 Å². The average molecular weight is 495 g/mol. The maximum atomic E-state index is 14.4. The van der Waals surface area contributed by atoms with Crippen LogP contribution in [-0.4, -0.2) is 29.6 Å². The number of carbonyl (C=O) groups is 3. The molecule has 3 heterocycles. The Hall–Kier alpha value is -4.06. The Morgan fingerprint density at radius 2 is 1.81 bits per heavy atom. The number of ketones is 2. The Morgan fingerprint density at radius 3 is 2.54 bits per heavy atom. The number of para-hydroxylation sites is 1. The predicted molar refractivity (Wildman–Crippen MR) is 141 cm³/mol. The summed E-state index contributed by atoms with van der Waals surface area (Å²) in [6, 6.07) is 17.8. The maximum absolute atomic E-state index is 14.4. The zero-order chi connectivity index (χ0) is 25.9. The van der Waals surface area contributed by atoms with Crippen molar-refractivity contribution in [3.63, 3.8) is 0 Å². The number of anilines is 2. The molecule has 6 rings (SSSR count). The number of amides is 1. The molecule has 3 aromatic rings. The zero-order valence-electron chi connectivity index (χ0n) is 20.7. The highest BCUT2D eigenvalue weighted by atomic mass is 19.1. The average Bonchev–Trinajstić information content (AvgIpc) is 3.37. The molecular weight excluding hydrogens is 467 g/mol. The predicted octanol–water partition coefficient (Wildman–Crippen LogP) is 5.34. The highest BCUT2D eigenvalue weighted by Gasteiger charge is 2.69. The zero-order valence-corrected chi connectivity index (χ0v) is 20.7. The molecule has 0 radical (unpaired) electrons. The van der Waals surface area contributed by atoms with E-state index >= 15 is 0 Å². The molecule has 0 aromatic heterocycles. The van der Waals surface area contributed by atoms with Crippen LogP contribution in [-0.2, 0) is 21.4 Å². The van der Waals surface area contributed by atoms with E-state index in [2.05, 4.69) is 12.2 Å². The smallest absolute Gasteiger partial charge is 0.238 e. The number of rotatable bonds is 5. The first-order valence-corrected chi connectivity index (χ1v) is 12.7. The van der Waals surface area contributed by atoms with Crippen molar-refractivity contribution in [3.05, 3.63) is 101 Å². The monoisotopic (exact) mass is 494 g/mol. The van der Waals surface area contributed by atoms with Gasteiger partial charge in [-0.2, -0.15) is 0 Å². The molecule has 0 aliphatic carbocycles. The number of halogens is 1. The fraction of sp³-hybridized carbons (Fsp3) is 0.258. The van der Waals surface area contributed by atoms with Crippen LogP contribution < -0.4 is 10.2 Å². The summed E-state index contributed by atoms with van der Waals surface area (Å²) in [5.41, 5.74) is 2.87. The van der Waals surface area contributed by atoms with Crippen LogP contribution in [0.1, 0.15) is 47.3 Å². The number of Topliss-reactive ketones (excluding diaryl/α,β-unsaturated/α-hetero) is 2. The van der Waals surface area contributed by atoms with Crippen LogP contribution in [0.5, 0.6) is 0 Å². The van der Waals surface area contributed by atoms with Gasteiger partial charge in [-0.05, 0) is 48.7 Å². The number of benzene rings is 3. The van der Waals surface area contributed by atoms with Crippen molar-refractivity contribution in [1.29, 1.82) is 0 Å². The topological polar surface area (TPSA) is 66.5 Å². The summed E-state index contributed by atoms with van der Waals surface area (Å²) < 4.78 is 14.1. The van der Waals surface area contributed by atoms with Crippen LogP contribution in [0.2, 0.25) is 0 Å². The van der Waals surface area contributed by atoms with Gasteiger partial charge in [0.05, 0.1) is 18.0 Å². The summed E-state index contributed by atoms with van der Waals surface area (Å²) in [7, 11) is 0. The highest BCUT2D eigenvalue weighted by molar-refractivity contribution is 6.16. The lowest BCUT2D eigenvalue weighted by Crippen LogP contribution is -2.51. The third kappa shape index (κ3) is 3.24. The second-order valence-electron chi connectivity index (χ2n) is 10.1. The Balaban J connectivity index is 1.60. The Labute approximate surface area is 215 Å². The molecule has 5 nitrogen and oxygen atoms in total. The van der Waals surface area contributed by atoms with Crippen molar-refractivity contribution in [2.75, 3.05) is 10.2 Å². The first-order valence-electron chi connectivity index (χ1n) is 12.7. The van der Waals surface area contributed by atoms with E-state index in [4.69, 9.17) is 0 Å². The summed E-state index contributed by atoms with van der Waals surface area (Å²) in [5.74, 6) is -2.13. The third-order valence-corrected chi connectivity index (χ3v) is 8.07. The fourth-order valence-corrected chi connectivity index (χ4v) is 6.61. The number of nitrogens with zero attached hydrogens (tertiary/aromatic N) is 1. The van der Waals surface area contributed by atoms with Crippen LogP contribution in [0.3, 0.4) is 0 Å². The van der Waals surface area contributed by atoms with E-state index in [0.29, 0.717) is 28.1 Å². The van der Waals surface area contributed by atoms with Crippen LogP contribution in [0, 0.1) is 11.7 Å². The standard InChI is InChI=1S/C31H27FN2O3/c1-3-6-19-9-11-20(12-10-19)29(36)27-28(18(2)35)34-25-15-14-22(32)17-21(25)13-16-26(34)31(27)23-7-4-5-8-24(23)33-30(31)37/h4-5,7-17,26-28H,3,6H2,1-2H3,(H,33,37)/t26-,27-,28-,31+/m0/s1. The van der Waals surface area contributed by atoms with Crippen molar-refractivity contribution in [2.45, 2.75) is 44.2 Å². The van der Waals surface area contributed by atoms with Crippen molar-refractivity contribution >= 4 is 34.9 Å². The number of fused-ring (bicyclic) bond motifs is 6. The van der Waals surface area contributed by atoms with Gasteiger partial charge in [0.25, 0.3) is 0 Å². The molecular formula is C31H27FN2O3. The molecule has 1 spiro atoms. The van der Waals surface area contributed by atoms with Crippen LogP contribution >= 0.6 is 0 Å². The molecule has 1 N–H and O–H groups in total. The molecule has 1 saturated heterocycles. The Kier molecular flexibility index (Phi) is 5.37. The quantitative estimate of drug-likeness (QED) is 0.486. The summed E-state index contributed by atoms with van der Waals surface area (Å²) in [6.45, 7) is 3.56.